The van der Waals surface area contributed by atoms with Crippen molar-refractivity contribution in [1.82, 2.24) is 10.2 Å². The average molecular weight is 558 g/mol. The molecule has 0 saturated carbocycles. The van der Waals surface area contributed by atoms with Gasteiger partial charge in [-0.25, -0.2) is 4.79 Å². The number of thiol groups is 1. The quantitative estimate of drug-likeness (QED) is 0.298. The Morgan fingerprint density at radius 1 is 1.08 bits per heavy atom. The number of aryl methyl sites for hydroxylation is 1. The molecule has 2 N–H and O–H groups in total. The number of carbonyl (C=O) groups is 3. The summed E-state index contributed by atoms with van der Waals surface area (Å²) in [5, 5.41) is 5.87. The van der Waals surface area contributed by atoms with Crippen LogP contribution in [0.5, 0.6) is 0 Å². The van der Waals surface area contributed by atoms with E-state index in [1.54, 1.807) is 57.2 Å². The number of hydrogen-bond donors (Lipinski definition) is 3. The van der Waals surface area contributed by atoms with Crippen LogP contribution in [0.15, 0.2) is 42.5 Å². The topological polar surface area (TPSA) is 87.7 Å². The molecule has 0 aliphatic rings. The largest absolute Gasteiger partial charge is 0.444 e. The lowest BCUT2D eigenvalue weighted by Gasteiger charge is -2.43. The number of terminal acetylenes is 1. The van der Waals surface area contributed by atoms with E-state index < -0.39 is 41.1 Å². The molecule has 0 radical (unpaired) electrons. The zero-order chi connectivity index (χ0) is 28.8. The van der Waals surface area contributed by atoms with Crippen LogP contribution in [0.3, 0.4) is 0 Å². The summed E-state index contributed by atoms with van der Waals surface area (Å²) in [6, 6.07) is 9.97. The fourth-order valence-corrected chi connectivity index (χ4v) is 4.33. The molecule has 2 unspecified atom stereocenters. The van der Waals surface area contributed by atoms with E-state index in [9.17, 15) is 14.4 Å². The number of halogens is 1. The van der Waals surface area contributed by atoms with Gasteiger partial charge >= 0.3 is 6.09 Å². The van der Waals surface area contributed by atoms with Crippen molar-refractivity contribution in [2.45, 2.75) is 71.7 Å². The van der Waals surface area contributed by atoms with Gasteiger partial charge in [0.25, 0.3) is 5.91 Å². The zero-order valence-electron chi connectivity index (χ0n) is 22.9. The summed E-state index contributed by atoms with van der Waals surface area (Å²) in [6.07, 6.45) is 4.77. The Hall–Kier alpha value is -3.15. The van der Waals surface area contributed by atoms with Crippen LogP contribution in [-0.4, -0.2) is 45.7 Å². The summed E-state index contributed by atoms with van der Waals surface area (Å²) in [5.74, 6) is 1.56. The molecule has 0 fully saturated rings. The number of hydrogen-bond acceptors (Lipinski definition) is 5. The van der Waals surface area contributed by atoms with Gasteiger partial charge in [0, 0.05) is 16.9 Å². The molecule has 2 aromatic carbocycles. The van der Waals surface area contributed by atoms with Gasteiger partial charge in [0.1, 0.15) is 17.7 Å². The maximum Gasteiger partial charge on any atom is 0.408 e. The predicted molar refractivity (Wildman–Crippen MR) is 156 cm³/mol. The van der Waals surface area contributed by atoms with Gasteiger partial charge in [-0.3, -0.25) is 9.59 Å². The zero-order valence-corrected chi connectivity index (χ0v) is 24.5. The smallest absolute Gasteiger partial charge is 0.408 e. The molecule has 0 aliphatic carbocycles. The number of benzene rings is 2. The van der Waals surface area contributed by atoms with Gasteiger partial charge in [0.15, 0.2) is 0 Å². The molecule has 3 amide bonds. The van der Waals surface area contributed by atoms with Crippen LogP contribution in [0.4, 0.5) is 10.5 Å². The number of amides is 3. The van der Waals surface area contributed by atoms with E-state index in [0.29, 0.717) is 21.8 Å². The first-order valence-corrected chi connectivity index (χ1v) is 13.2. The normalized spacial score (nSPS) is 13.1. The van der Waals surface area contributed by atoms with Crippen molar-refractivity contribution in [3.63, 3.8) is 0 Å². The van der Waals surface area contributed by atoms with Gasteiger partial charge < -0.3 is 20.3 Å². The van der Waals surface area contributed by atoms with Crippen LogP contribution >= 0.6 is 24.2 Å². The van der Waals surface area contributed by atoms with Crippen LogP contribution in [0, 0.1) is 19.3 Å². The van der Waals surface area contributed by atoms with Gasteiger partial charge in [-0.1, -0.05) is 41.8 Å². The predicted octanol–water partition coefficient (Wildman–Crippen LogP) is 5.76. The molecule has 2 aromatic rings. The number of para-hydroxylation sites is 1. The number of nitrogens with zero attached hydrogens (tertiary/aromatic N) is 1. The summed E-state index contributed by atoms with van der Waals surface area (Å²) in [6.45, 7) is 12.4. The molecule has 2 rings (SSSR count). The maximum atomic E-state index is 14.0. The molecule has 0 aliphatic heterocycles. The average Bonchev–Trinajstić information content (AvgIpc) is 2.81. The number of nitrogens with one attached hydrogen (secondary N) is 2. The van der Waals surface area contributed by atoms with E-state index in [0.717, 1.165) is 5.56 Å². The molecule has 0 spiro atoms. The Labute approximate surface area is 236 Å². The standard InChI is InChI=1S/C29H36ClN3O4S/c1-9-19-13-15-20(16-14-19)24(25(34)32-23-18(2)11-10-12-21(23)30)33(28(3,4)5)26(35)22(17-38)31-27(36)37-29(6,7)8/h1,10-16,22,24,38H,17H2,2-8H3,(H,31,36)(H,32,34). The molecule has 38 heavy (non-hydrogen) atoms. The second-order valence-electron chi connectivity index (χ2n) is 10.9. The van der Waals surface area contributed by atoms with Crippen LogP contribution in [-0.2, 0) is 14.3 Å². The Kier molecular flexibility index (Phi) is 10.3. The van der Waals surface area contributed by atoms with Crippen molar-refractivity contribution in [1.29, 1.82) is 0 Å². The van der Waals surface area contributed by atoms with Crippen molar-refractivity contribution in [3.05, 3.63) is 64.2 Å². The van der Waals surface area contributed by atoms with Crippen LogP contribution in [0.25, 0.3) is 0 Å². The fourth-order valence-electron chi connectivity index (χ4n) is 3.81. The summed E-state index contributed by atoms with van der Waals surface area (Å²) in [4.78, 5) is 41.9. The van der Waals surface area contributed by atoms with Crippen molar-refractivity contribution in [2.75, 3.05) is 11.1 Å². The maximum absolute atomic E-state index is 14.0. The first kappa shape index (κ1) is 31.1. The molecule has 204 valence electrons. The summed E-state index contributed by atoms with van der Waals surface area (Å²) >= 11 is 10.7. The highest BCUT2D eigenvalue weighted by molar-refractivity contribution is 7.80. The molecular weight excluding hydrogens is 522 g/mol. The van der Waals surface area contributed by atoms with Crippen molar-refractivity contribution in [2.24, 2.45) is 0 Å². The molecule has 7 nitrogen and oxygen atoms in total. The van der Waals surface area contributed by atoms with Gasteiger partial charge in [-0.05, 0) is 77.8 Å². The number of anilines is 1. The molecule has 9 heteroatoms. The van der Waals surface area contributed by atoms with Crippen LogP contribution < -0.4 is 10.6 Å². The van der Waals surface area contributed by atoms with E-state index in [1.165, 1.54) is 4.90 Å². The Morgan fingerprint density at radius 2 is 1.68 bits per heavy atom. The molecule has 0 saturated heterocycles. The lowest BCUT2D eigenvalue weighted by atomic mass is 9.95. The lowest BCUT2D eigenvalue weighted by molar-refractivity contribution is -0.146. The number of carbonyl (C=O) groups excluding carboxylic acids is 3. The highest BCUT2D eigenvalue weighted by atomic mass is 35.5. The molecule has 0 heterocycles. The Balaban J connectivity index is 2.59. The number of alkyl carbamates (subject to hydrolysis) is 1. The third kappa shape index (κ3) is 8.17. The van der Waals surface area contributed by atoms with Gasteiger partial charge in [-0.2, -0.15) is 12.6 Å². The summed E-state index contributed by atoms with van der Waals surface area (Å²) in [7, 11) is 0. The molecular formula is C29H36ClN3O4S. The third-order valence-electron chi connectivity index (χ3n) is 5.50. The van der Waals surface area contributed by atoms with E-state index in [2.05, 4.69) is 29.2 Å². The summed E-state index contributed by atoms with van der Waals surface area (Å²) in [5.41, 5.74) is 0.763. The van der Waals surface area contributed by atoms with E-state index in [4.69, 9.17) is 22.8 Å². The molecule has 2 atom stereocenters. The fraction of sp³-hybridized carbons (Fsp3) is 0.414. The Morgan fingerprint density at radius 3 is 2.16 bits per heavy atom. The minimum atomic E-state index is -1.09. The van der Waals surface area contributed by atoms with Gasteiger partial charge in [-0.15, -0.1) is 6.42 Å². The number of ether oxygens (including phenoxy) is 1. The second kappa shape index (κ2) is 12.6. The van der Waals surface area contributed by atoms with Crippen LogP contribution in [0.1, 0.15) is 64.3 Å². The monoisotopic (exact) mass is 557 g/mol. The molecule has 0 aromatic heterocycles. The second-order valence-corrected chi connectivity index (χ2v) is 11.6. The highest BCUT2D eigenvalue weighted by Crippen LogP contribution is 2.33. The first-order valence-electron chi connectivity index (χ1n) is 12.1. The Bertz CT molecular complexity index is 1190. The van der Waals surface area contributed by atoms with Crippen molar-refractivity contribution >= 4 is 47.8 Å². The van der Waals surface area contributed by atoms with E-state index in [1.807, 2.05) is 33.8 Å². The number of rotatable bonds is 7. The van der Waals surface area contributed by atoms with Crippen molar-refractivity contribution < 1.29 is 19.1 Å². The third-order valence-corrected chi connectivity index (χ3v) is 6.18. The minimum Gasteiger partial charge on any atom is -0.444 e. The summed E-state index contributed by atoms with van der Waals surface area (Å²) < 4.78 is 5.34. The SMILES string of the molecule is C#Cc1ccc(C(C(=O)Nc2c(C)cccc2Cl)N(C(=O)C(CS)NC(=O)OC(C)(C)C)C(C)(C)C)cc1. The van der Waals surface area contributed by atoms with Gasteiger partial charge in [0.2, 0.25) is 5.91 Å². The van der Waals surface area contributed by atoms with Crippen LogP contribution in [0.2, 0.25) is 5.02 Å². The first-order chi connectivity index (χ1) is 17.6. The van der Waals surface area contributed by atoms with Gasteiger partial charge in [0.05, 0.1) is 10.7 Å². The van der Waals surface area contributed by atoms with E-state index >= 15 is 0 Å². The highest BCUT2D eigenvalue weighted by Gasteiger charge is 2.41. The lowest BCUT2D eigenvalue weighted by Crippen LogP contribution is -2.58. The minimum absolute atomic E-state index is 0.0152. The molecule has 0 bridgehead atoms. The van der Waals surface area contributed by atoms with E-state index in [-0.39, 0.29) is 5.75 Å². The van der Waals surface area contributed by atoms with Crippen molar-refractivity contribution in [3.8, 4) is 12.3 Å².